The zero-order valence-electron chi connectivity index (χ0n) is 15.0. The zero-order valence-corrected chi connectivity index (χ0v) is 15.8. The second kappa shape index (κ2) is 7.57. The molecule has 2 heterocycles. The van der Waals surface area contributed by atoms with Crippen molar-refractivity contribution >= 4 is 22.1 Å². The zero-order chi connectivity index (χ0) is 19.8. The van der Waals surface area contributed by atoms with Crippen LogP contribution in [0.4, 0.5) is 0 Å². The molecule has 1 aromatic rings. The second-order valence-electron chi connectivity index (χ2n) is 6.98. The number of carbonyl (C=O) groups excluding carboxylic acids is 2. The van der Waals surface area contributed by atoms with Crippen molar-refractivity contribution in [2.45, 2.75) is 36.9 Å². The predicted molar refractivity (Wildman–Crippen MR) is 91.9 cm³/mol. The van der Waals surface area contributed by atoms with Gasteiger partial charge in [0.2, 0.25) is 0 Å². The van der Waals surface area contributed by atoms with Gasteiger partial charge in [0, 0.05) is 6.42 Å². The monoisotopic (exact) mass is 398 g/mol. The van der Waals surface area contributed by atoms with E-state index in [4.69, 9.17) is 13.7 Å². The first-order valence-corrected chi connectivity index (χ1v) is 10.0. The van der Waals surface area contributed by atoms with Gasteiger partial charge in [-0.25, -0.2) is 0 Å². The Hall–Kier alpha value is -1.97. The molecule has 27 heavy (non-hydrogen) atoms. The standard InChI is InChI=1S/C18H22O8S/c1-10-3-5-12(6-4-10)27(22,23)25-9-11-7-14-17(20)16(18(21)24-2)13(11)8-15(19)26-14/h3-6,11,13-14,16-17,20H,7-9H2,1-2H3/t11-,13+,14-,16+,17+/m1/s1. The highest BCUT2D eigenvalue weighted by Crippen LogP contribution is 2.43. The largest absolute Gasteiger partial charge is 0.469 e. The number of rotatable bonds is 5. The Balaban J connectivity index is 1.79. The fraction of sp³-hybridized carbons (Fsp3) is 0.556. The molecule has 0 amide bonds. The molecule has 0 aromatic heterocycles. The predicted octanol–water partition coefficient (Wildman–Crippen LogP) is 0.802. The fourth-order valence-electron chi connectivity index (χ4n) is 3.80. The van der Waals surface area contributed by atoms with Gasteiger partial charge in [-0.3, -0.25) is 13.8 Å². The Morgan fingerprint density at radius 2 is 1.96 bits per heavy atom. The lowest BCUT2D eigenvalue weighted by molar-refractivity contribution is -0.167. The molecule has 1 aliphatic carbocycles. The van der Waals surface area contributed by atoms with Gasteiger partial charge < -0.3 is 14.6 Å². The molecule has 4 rings (SSSR count). The van der Waals surface area contributed by atoms with Crippen molar-refractivity contribution in [1.82, 2.24) is 0 Å². The van der Waals surface area contributed by atoms with Gasteiger partial charge in [-0.05, 0) is 37.3 Å². The third kappa shape index (κ3) is 3.99. The van der Waals surface area contributed by atoms with Crippen molar-refractivity contribution < 1.29 is 36.8 Å². The van der Waals surface area contributed by atoms with E-state index in [1.54, 1.807) is 12.1 Å². The Kier molecular flexibility index (Phi) is 5.55. The molecular weight excluding hydrogens is 376 g/mol. The van der Waals surface area contributed by atoms with Crippen LogP contribution in [0.5, 0.6) is 0 Å². The van der Waals surface area contributed by atoms with Crippen LogP contribution in [0.1, 0.15) is 18.4 Å². The Morgan fingerprint density at radius 3 is 2.59 bits per heavy atom. The quantitative estimate of drug-likeness (QED) is 0.572. The molecule has 0 unspecified atom stereocenters. The number of carbonyl (C=O) groups is 2. The van der Waals surface area contributed by atoms with E-state index in [0.717, 1.165) is 5.56 Å². The highest BCUT2D eigenvalue weighted by molar-refractivity contribution is 7.86. The van der Waals surface area contributed by atoms with Crippen LogP contribution in [0.25, 0.3) is 0 Å². The maximum Gasteiger partial charge on any atom is 0.311 e. The van der Waals surface area contributed by atoms with E-state index in [1.165, 1.54) is 19.2 Å². The van der Waals surface area contributed by atoms with E-state index in [9.17, 15) is 23.1 Å². The lowest BCUT2D eigenvalue weighted by Gasteiger charge is -2.39. The SMILES string of the molecule is COC(=O)[C@@H]1[C@@H](O)[C@H]2C[C@H](COS(=O)(=O)c3ccc(C)cc3)[C@@H]1CC(=O)O2. The van der Waals surface area contributed by atoms with Crippen LogP contribution in [-0.2, 0) is 33.4 Å². The number of aryl methyl sites for hydroxylation is 1. The van der Waals surface area contributed by atoms with Gasteiger partial charge in [-0.1, -0.05) is 17.7 Å². The molecule has 0 radical (unpaired) electrons. The number of methoxy groups -OCH3 is 1. The molecule has 2 bridgehead atoms. The van der Waals surface area contributed by atoms with Crippen molar-refractivity contribution in [3.63, 3.8) is 0 Å². The summed E-state index contributed by atoms with van der Waals surface area (Å²) >= 11 is 0. The molecule has 5 atom stereocenters. The van der Waals surface area contributed by atoms with Crippen molar-refractivity contribution in [3.8, 4) is 0 Å². The van der Waals surface area contributed by atoms with E-state index >= 15 is 0 Å². The third-order valence-corrected chi connectivity index (χ3v) is 6.55. The first kappa shape index (κ1) is 19.8. The number of esters is 2. The lowest BCUT2D eigenvalue weighted by atomic mass is 9.69. The summed E-state index contributed by atoms with van der Waals surface area (Å²) in [7, 11) is -2.78. The second-order valence-corrected chi connectivity index (χ2v) is 8.60. The maximum absolute atomic E-state index is 12.4. The van der Waals surface area contributed by atoms with Crippen molar-refractivity contribution in [2.24, 2.45) is 17.8 Å². The van der Waals surface area contributed by atoms with Crippen molar-refractivity contribution in [2.75, 3.05) is 13.7 Å². The molecule has 3 fully saturated rings. The topological polar surface area (TPSA) is 116 Å². The minimum absolute atomic E-state index is 0.0313. The smallest absolute Gasteiger partial charge is 0.311 e. The molecule has 1 N–H and O–H groups in total. The summed E-state index contributed by atoms with van der Waals surface area (Å²) in [5, 5.41) is 10.4. The third-order valence-electron chi connectivity index (χ3n) is 5.26. The normalized spacial score (nSPS) is 30.5. The molecule has 148 valence electrons. The minimum atomic E-state index is -3.98. The average molecular weight is 398 g/mol. The summed E-state index contributed by atoms with van der Waals surface area (Å²) in [6.07, 6.45) is -1.96. The highest BCUT2D eigenvalue weighted by atomic mass is 32.2. The summed E-state index contributed by atoms with van der Waals surface area (Å²) in [5.74, 6) is -3.21. The van der Waals surface area contributed by atoms with Gasteiger partial charge >= 0.3 is 11.9 Å². The van der Waals surface area contributed by atoms with Crippen LogP contribution < -0.4 is 0 Å². The summed E-state index contributed by atoms with van der Waals surface area (Å²) in [6.45, 7) is 1.63. The van der Waals surface area contributed by atoms with Crippen LogP contribution >= 0.6 is 0 Å². The Labute approximate surface area is 157 Å². The summed E-state index contributed by atoms with van der Waals surface area (Å²) in [5.41, 5.74) is 0.917. The maximum atomic E-state index is 12.4. The number of aliphatic hydroxyl groups is 1. The number of benzene rings is 1. The van der Waals surface area contributed by atoms with Crippen LogP contribution in [-0.4, -0.2) is 51.4 Å². The summed E-state index contributed by atoms with van der Waals surface area (Å²) < 4.78 is 40.0. The summed E-state index contributed by atoms with van der Waals surface area (Å²) in [6, 6.07) is 6.25. The Morgan fingerprint density at radius 1 is 1.30 bits per heavy atom. The van der Waals surface area contributed by atoms with Gasteiger partial charge in [0.15, 0.2) is 0 Å². The van der Waals surface area contributed by atoms with Crippen LogP contribution in [0, 0.1) is 24.7 Å². The first-order chi connectivity index (χ1) is 12.7. The number of aliphatic hydroxyl groups excluding tert-OH is 1. The summed E-state index contributed by atoms with van der Waals surface area (Å²) in [4.78, 5) is 24.1. The van der Waals surface area contributed by atoms with Gasteiger partial charge in [0.1, 0.15) is 12.2 Å². The van der Waals surface area contributed by atoms with Crippen LogP contribution in [0.2, 0.25) is 0 Å². The molecule has 0 spiro atoms. The van der Waals surface area contributed by atoms with E-state index in [0.29, 0.717) is 0 Å². The van der Waals surface area contributed by atoms with Gasteiger partial charge in [-0.2, -0.15) is 8.42 Å². The van der Waals surface area contributed by atoms with Crippen LogP contribution in [0.15, 0.2) is 29.2 Å². The molecule has 2 saturated heterocycles. The van der Waals surface area contributed by atoms with Crippen LogP contribution in [0.3, 0.4) is 0 Å². The van der Waals surface area contributed by atoms with E-state index in [2.05, 4.69) is 0 Å². The minimum Gasteiger partial charge on any atom is -0.469 e. The number of ether oxygens (including phenoxy) is 2. The van der Waals surface area contributed by atoms with Gasteiger partial charge in [0.25, 0.3) is 10.1 Å². The molecular formula is C18H22O8S. The van der Waals surface area contributed by atoms with E-state index in [-0.39, 0.29) is 24.3 Å². The molecule has 1 aromatic carbocycles. The first-order valence-electron chi connectivity index (χ1n) is 8.64. The number of hydrogen-bond donors (Lipinski definition) is 1. The molecule has 2 aliphatic heterocycles. The van der Waals surface area contributed by atoms with E-state index < -0.39 is 52.0 Å². The highest BCUT2D eigenvalue weighted by Gasteiger charge is 2.53. The lowest BCUT2D eigenvalue weighted by Crippen LogP contribution is -2.50. The molecule has 3 aliphatic rings. The van der Waals surface area contributed by atoms with Gasteiger partial charge in [0.05, 0.1) is 24.5 Å². The Bertz CT molecular complexity index is 816. The number of hydrogen-bond acceptors (Lipinski definition) is 8. The molecule has 9 heteroatoms. The number of fused-ring (bicyclic) bond motifs is 4. The van der Waals surface area contributed by atoms with Crippen molar-refractivity contribution in [3.05, 3.63) is 29.8 Å². The van der Waals surface area contributed by atoms with Gasteiger partial charge in [-0.15, -0.1) is 0 Å². The molecule has 8 nitrogen and oxygen atoms in total. The average Bonchev–Trinajstić information content (AvgIpc) is 2.86. The van der Waals surface area contributed by atoms with E-state index in [1.807, 2.05) is 6.92 Å². The molecule has 1 saturated carbocycles. The fourth-order valence-corrected chi connectivity index (χ4v) is 4.76. The van der Waals surface area contributed by atoms with Crippen molar-refractivity contribution in [1.29, 1.82) is 0 Å².